The first-order valence-electron chi connectivity index (χ1n) is 9.82. The van der Waals surface area contributed by atoms with Gasteiger partial charge in [0.05, 0.1) is 42.2 Å². The Morgan fingerprint density at radius 3 is 2.52 bits per heavy atom. The van der Waals surface area contributed by atoms with Gasteiger partial charge in [-0.15, -0.1) is 0 Å². The average Bonchev–Trinajstić information content (AvgIpc) is 3.26. The molecule has 1 amide bonds. The Morgan fingerprint density at radius 2 is 1.84 bits per heavy atom. The Bertz CT molecular complexity index is 1200. The number of hydrogen-bond acceptors (Lipinski definition) is 6. The van der Waals surface area contributed by atoms with Crippen molar-refractivity contribution in [1.29, 1.82) is 0 Å². The molecule has 0 saturated heterocycles. The van der Waals surface area contributed by atoms with Gasteiger partial charge in [0, 0.05) is 6.20 Å². The quantitative estimate of drug-likeness (QED) is 0.420. The molecule has 0 saturated carbocycles. The lowest BCUT2D eigenvalue weighted by molar-refractivity contribution is 0.0981. The number of carbonyl (C=O) groups is 1. The number of hydrogen-bond donors (Lipinski definition) is 0. The summed E-state index contributed by atoms with van der Waals surface area (Å²) < 4.78 is 11.9. The molecule has 0 aliphatic carbocycles. The van der Waals surface area contributed by atoms with E-state index in [4.69, 9.17) is 14.5 Å². The molecule has 0 aliphatic heterocycles. The van der Waals surface area contributed by atoms with Gasteiger partial charge in [-0.25, -0.2) is 4.98 Å². The number of thiazole rings is 1. The first-order valence-corrected chi connectivity index (χ1v) is 10.6. The Morgan fingerprint density at radius 1 is 1.03 bits per heavy atom. The molecule has 0 aliphatic rings. The van der Waals surface area contributed by atoms with E-state index in [0.29, 0.717) is 22.2 Å². The highest BCUT2D eigenvalue weighted by atomic mass is 32.1. The van der Waals surface area contributed by atoms with Crippen LogP contribution < -0.4 is 14.4 Å². The molecule has 158 valence electrons. The van der Waals surface area contributed by atoms with Gasteiger partial charge in [-0.3, -0.25) is 14.7 Å². The van der Waals surface area contributed by atoms with Crippen molar-refractivity contribution < 1.29 is 14.3 Å². The number of amides is 1. The average molecular weight is 434 g/mol. The maximum atomic E-state index is 13.8. The first-order chi connectivity index (χ1) is 15.0. The highest BCUT2D eigenvalue weighted by Gasteiger charge is 2.26. The number of ether oxygens (including phenoxy) is 2. The van der Waals surface area contributed by atoms with Crippen LogP contribution in [0.3, 0.4) is 0 Å². The van der Waals surface area contributed by atoms with Crippen LogP contribution in [0.5, 0.6) is 11.5 Å². The van der Waals surface area contributed by atoms with Gasteiger partial charge in [0.1, 0.15) is 11.5 Å². The number of aryl methyl sites for hydroxylation is 2. The topological polar surface area (TPSA) is 64.6 Å². The highest BCUT2D eigenvalue weighted by Crippen LogP contribution is 2.35. The van der Waals surface area contributed by atoms with E-state index in [2.05, 4.69) is 24.0 Å². The Hall–Kier alpha value is -3.45. The maximum Gasteiger partial charge on any atom is 0.264 e. The predicted molar refractivity (Wildman–Crippen MR) is 123 cm³/mol. The second-order valence-electron chi connectivity index (χ2n) is 7.15. The fourth-order valence-electron chi connectivity index (χ4n) is 3.37. The molecule has 0 fully saturated rings. The van der Waals surface area contributed by atoms with E-state index < -0.39 is 0 Å². The minimum Gasteiger partial charge on any atom is -0.497 e. The lowest BCUT2D eigenvalue weighted by atomic mass is 10.1. The molecular formula is C24H23N3O3S. The van der Waals surface area contributed by atoms with Crippen molar-refractivity contribution in [3.05, 3.63) is 77.1 Å². The number of benzene rings is 2. The molecule has 2 aromatic heterocycles. The molecule has 0 bridgehead atoms. The molecule has 0 radical (unpaired) electrons. The van der Waals surface area contributed by atoms with Crippen LogP contribution in [0.4, 0.5) is 5.13 Å². The van der Waals surface area contributed by atoms with Crippen LogP contribution in [-0.4, -0.2) is 30.1 Å². The number of carbonyl (C=O) groups excluding carboxylic acids is 1. The van der Waals surface area contributed by atoms with Crippen LogP contribution in [0.1, 0.15) is 27.2 Å². The molecule has 0 unspecified atom stereocenters. The van der Waals surface area contributed by atoms with E-state index in [9.17, 15) is 4.79 Å². The van der Waals surface area contributed by atoms with Gasteiger partial charge in [-0.1, -0.05) is 29.5 Å². The van der Waals surface area contributed by atoms with Crippen molar-refractivity contribution in [1.82, 2.24) is 9.97 Å². The lowest BCUT2D eigenvalue weighted by Crippen LogP contribution is -2.31. The zero-order valence-electron chi connectivity index (χ0n) is 17.9. The molecule has 4 aromatic rings. The highest BCUT2D eigenvalue weighted by molar-refractivity contribution is 7.22. The molecule has 2 heterocycles. The molecule has 4 rings (SSSR count). The van der Waals surface area contributed by atoms with Crippen LogP contribution in [0, 0.1) is 13.8 Å². The fraction of sp³-hybridized carbons (Fsp3) is 0.208. The third kappa shape index (κ3) is 4.09. The SMILES string of the molecule is COc1ccc(OC)c(C(=O)N(Cc2ccccn2)c2nc3c(C)ccc(C)c3s2)c1. The van der Waals surface area contributed by atoms with Gasteiger partial charge in [0.25, 0.3) is 5.91 Å². The summed E-state index contributed by atoms with van der Waals surface area (Å²) in [5.41, 5.74) is 4.30. The zero-order chi connectivity index (χ0) is 22.0. The standard InChI is InChI=1S/C24H23N3O3S/c1-15-8-9-16(2)22-21(15)26-24(31-22)27(14-17-7-5-6-12-25-17)23(28)19-13-18(29-3)10-11-20(19)30-4/h5-13H,14H2,1-4H3. The second-order valence-corrected chi connectivity index (χ2v) is 8.13. The normalized spacial score (nSPS) is 10.8. The third-order valence-electron chi connectivity index (χ3n) is 5.09. The number of pyridine rings is 1. The van der Waals surface area contributed by atoms with Crippen LogP contribution in [-0.2, 0) is 6.54 Å². The smallest absolute Gasteiger partial charge is 0.264 e. The van der Waals surface area contributed by atoms with Crippen LogP contribution in [0.25, 0.3) is 10.2 Å². The number of methoxy groups -OCH3 is 2. The van der Waals surface area contributed by atoms with Gasteiger partial charge in [-0.05, 0) is 55.3 Å². The summed E-state index contributed by atoms with van der Waals surface area (Å²) in [6.45, 7) is 4.37. The molecule has 31 heavy (non-hydrogen) atoms. The summed E-state index contributed by atoms with van der Waals surface area (Å²) in [7, 11) is 3.12. The van der Waals surface area contributed by atoms with Crippen molar-refractivity contribution in [2.45, 2.75) is 20.4 Å². The van der Waals surface area contributed by atoms with Gasteiger partial charge in [0.2, 0.25) is 0 Å². The molecular weight excluding hydrogens is 410 g/mol. The summed E-state index contributed by atoms with van der Waals surface area (Å²) >= 11 is 1.51. The van der Waals surface area contributed by atoms with Crippen molar-refractivity contribution in [2.24, 2.45) is 0 Å². The first kappa shape index (κ1) is 20.8. The van der Waals surface area contributed by atoms with Crippen LogP contribution in [0.15, 0.2) is 54.7 Å². The van der Waals surface area contributed by atoms with Gasteiger partial charge in [0.15, 0.2) is 5.13 Å². The van der Waals surface area contributed by atoms with Crippen molar-refractivity contribution >= 4 is 32.6 Å². The van der Waals surface area contributed by atoms with Gasteiger partial charge in [-0.2, -0.15) is 0 Å². The third-order valence-corrected chi connectivity index (χ3v) is 6.30. The number of fused-ring (bicyclic) bond motifs is 1. The lowest BCUT2D eigenvalue weighted by Gasteiger charge is -2.21. The summed E-state index contributed by atoms with van der Waals surface area (Å²) in [6, 6.07) is 15.0. The van der Waals surface area contributed by atoms with E-state index in [1.807, 2.05) is 25.1 Å². The number of aromatic nitrogens is 2. The summed E-state index contributed by atoms with van der Waals surface area (Å²) in [4.78, 5) is 24.7. The summed E-state index contributed by atoms with van der Waals surface area (Å²) in [6.07, 6.45) is 1.72. The minimum atomic E-state index is -0.226. The molecule has 2 aromatic carbocycles. The number of anilines is 1. The van der Waals surface area contributed by atoms with Crippen LogP contribution >= 0.6 is 11.3 Å². The Labute approximate surface area is 185 Å². The van der Waals surface area contributed by atoms with Crippen LogP contribution in [0.2, 0.25) is 0 Å². The fourth-order valence-corrected chi connectivity index (χ4v) is 4.48. The van der Waals surface area contributed by atoms with E-state index >= 15 is 0 Å². The van der Waals surface area contributed by atoms with E-state index in [-0.39, 0.29) is 12.5 Å². The Balaban J connectivity index is 1.85. The maximum absolute atomic E-state index is 13.8. The number of rotatable bonds is 6. The van der Waals surface area contributed by atoms with Gasteiger partial charge >= 0.3 is 0 Å². The van der Waals surface area contributed by atoms with Crippen molar-refractivity contribution in [3.8, 4) is 11.5 Å². The molecule has 0 atom stereocenters. The van der Waals surface area contributed by atoms with Gasteiger partial charge < -0.3 is 9.47 Å². The van der Waals surface area contributed by atoms with E-state index in [0.717, 1.165) is 27.0 Å². The molecule has 0 spiro atoms. The number of nitrogens with zero attached hydrogens (tertiary/aromatic N) is 3. The second kappa shape index (κ2) is 8.73. The Kier molecular flexibility index (Phi) is 5.86. The molecule has 6 nitrogen and oxygen atoms in total. The van der Waals surface area contributed by atoms with Crippen molar-refractivity contribution in [3.63, 3.8) is 0 Å². The monoisotopic (exact) mass is 433 g/mol. The van der Waals surface area contributed by atoms with Crippen molar-refractivity contribution in [2.75, 3.05) is 19.1 Å². The minimum absolute atomic E-state index is 0.226. The predicted octanol–water partition coefficient (Wildman–Crippen LogP) is 5.17. The zero-order valence-corrected chi connectivity index (χ0v) is 18.7. The molecule has 0 N–H and O–H groups in total. The summed E-state index contributed by atoms with van der Waals surface area (Å²) in [5, 5.41) is 0.618. The summed E-state index contributed by atoms with van der Waals surface area (Å²) in [5.74, 6) is 0.832. The largest absolute Gasteiger partial charge is 0.497 e. The molecule has 7 heteroatoms. The van der Waals surface area contributed by atoms with E-state index in [1.165, 1.54) is 11.3 Å². The van der Waals surface area contributed by atoms with E-state index in [1.54, 1.807) is 43.5 Å².